The molecule has 1 atom stereocenters. The molecule has 0 saturated carbocycles. The number of hydrogen-bond acceptors (Lipinski definition) is 3. The van der Waals surface area contributed by atoms with Gasteiger partial charge in [0, 0.05) is 33.7 Å². The Hall–Kier alpha value is -1.07. The summed E-state index contributed by atoms with van der Waals surface area (Å²) in [7, 11) is 6.17. The highest BCUT2D eigenvalue weighted by molar-refractivity contribution is 7.07. The molecule has 0 aromatic carbocycles. The predicted octanol–water partition coefficient (Wildman–Crippen LogP) is 2.10. The molecular weight excluding hydrogens is 268 g/mol. The number of nitrogens with one attached hydrogen (secondary N) is 1. The fraction of sp³-hybridized carbons (Fsp3) is 0.667. The van der Waals surface area contributed by atoms with Crippen LogP contribution in [0.1, 0.15) is 18.4 Å². The summed E-state index contributed by atoms with van der Waals surface area (Å²) in [6.45, 7) is 4.36. The van der Waals surface area contributed by atoms with E-state index in [1.54, 1.807) is 11.3 Å². The molecule has 0 bridgehead atoms. The molecule has 1 aromatic rings. The summed E-state index contributed by atoms with van der Waals surface area (Å²) in [6.07, 6.45) is 2.63. The van der Waals surface area contributed by atoms with E-state index < -0.39 is 0 Å². The Morgan fingerprint density at radius 1 is 1.60 bits per heavy atom. The third-order valence-electron chi connectivity index (χ3n) is 3.84. The van der Waals surface area contributed by atoms with E-state index in [2.05, 4.69) is 51.0 Å². The Morgan fingerprint density at radius 3 is 3.10 bits per heavy atom. The SMILES string of the molecule is CN=C(NCC1CCCN(C)C1)N(C)Cc1ccsc1. The number of nitrogens with zero attached hydrogens (tertiary/aromatic N) is 3. The molecule has 2 heterocycles. The van der Waals surface area contributed by atoms with Crippen molar-refractivity contribution in [3.8, 4) is 0 Å². The first-order valence-corrected chi connectivity index (χ1v) is 8.24. The molecule has 0 aliphatic carbocycles. The summed E-state index contributed by atoms with van der Waals surface area (Å²) in [5, 5.41) is 7.84. The number of rotatable bonds is 4. The van der Waals surface area contributed by atoms with Crippen LogP contribution in [0.4, 0.5) is 0 Å². The van der Waals surface area contributed by atoms with E-state index in [0.717, 1.165) is 25.0 Å². The van der Waals surface area contributed by atoms with Crippen molar-refractivity contribution >= 4 is 17.3 Å². The van der Waals surface area contributed by atoms with Crippen LogP contribution in [0.3, 0.4) is 0 Å². The van der Waals surface area contributed by atoms with Gasteiger partial charge in [0.1, 0.15) is 0 Å². The molecule has 1 aliphatic heterocycles. The third-order valence-corrected chi connectivity index (χ3v) is 4.58. The van der Waals surface area contributed by atoms with Crippen LogP contribution < -0.4 is 5.32 Å². The van der Waals surface area contributed by atoms with E-state index in [1.807, 2.05) is 7.05 Å². The zero-order chi connectivity index (χ0) is 14.4. The Bertz CT molecular complexity index is 416. The second-order valence-electron chi connectivity index (χ2n) is 5.69. The van der Waals surface area contributed by atoms with E-state index in [9.17, 15) is 0 Å². The van der Waals surface area contributed by atoms with E-state index in [4.69, 9.17) is 0 Å². The van der Waals surface area contributed by atoms with Gasteiger partial charge in [-0.1, -0.05) is 0 Å². The average molecular weight is 294 g/mol. The van der Waals surface area contributed by atoms with Crippen molar-refractivity contribution in [2.45, 2.75) is 19.4 Å². The predicted molar refractivity (Wildman–Crippen MR) is 87.4 cm³/mol. The van der Waals surface area contributed by atoms with Crippen LogP contribution in [0.25, 0.3) is 0 Å². The summed E-state index contributed by atoms with van der Waals surface area (Å²) >= 11 is 1.74. The molecule has 1 fully saturated rings. The lowest BCUT2D eigenvalue weighted by Crippen LogP contribution is -2.44. The zero-order valence-electron chi connectivity index (χ0n) is 12.8. The minimum absolute atomic E-state index is 0.736. The van der Waals surface area contributed by atoms with Gasteiger partial charge in [-0.15, -0.1) is 0 Å². The van der Waals surface area contributed by atoms with Gasteiger partial charge >= 0.3 is 0 Å². The van der Waals surface area contributed by atoms with Crippen molar-refractivity contribution in [3.63, 3.8) is 0 Å². The van der Waals surface area contributed by atoms with Gasteiger partial charge in [0.05, 0.1) is 0 Å². The van der Waals surface area contributed by atoms with Crippen LogP contribution in [0.2, 0.25) is 0 Å². The molecule has 1 saturated heterocycles. The topological polar surface area (TPSA) is 30.9 Å². The quantitative estimate of drug-likeness (QED) is 0.681. The van der Waals surface area contributed by atoms with Crippen LogP contribution in [0.15, 0.2) is 21.8 Å². The Balaban J connectivity index is 1.79. The Morgan fingerprint density at radius 2 is 2.45 bits per heavy atom. The van der Waals surface area contributed by atoms with Gasteiger partial charge < -0.3 is 15.1 Å². The van der Waals surface area contributed by atoms with Crippen LogP contribution in [-0.4, -0.2) is 56.5 Å². The maximum absolute atomic E-state index is 4.39. The van der Waals surface area contributed by atoms with Crippen molar-refractivity contribution in [3.05, 3.63) is 22.4 Å². The molecule has 4 nitrogen and oxygen atoms in total. The fourth-order valence-corrected chi connectivity index (χ4v) is 3.45. The van der Waals surface area contributed by atoms with Gasteiger partial charge in [0.15, 0.2) is 5.96 Å². The normalized spacial score (nSPS) is 20.9. The third kappa shape index (κ3) is 4.49. The lowest BCUT2D eigenvalue weighted by atomic mass is 9.98. The van der Waals surface area contributed by atoms with Crippen LogP contribution in [0, 0.1) is 5.92 Å². The maximum atomic E-state index is 4.39. The van der Waals surface area contributed by atoms with E-state index in [0.29, 0.717) is 0 Å². The van der Waals surface area contributed by atoms with Crippen LogP contribution in [-0.2, 0) is 6.54 Å². The van der Waals surface area contributed by atoms with Gasteiger partial charge in [0.25, 0.3) is 0 Å². The minimum atomic E-state index is 0.736. The highest BCUT2D eigenvalue weighted by Gasteiger charge is 2.17. The van der Waals surface area contributed by atoms with Crippen molar-refractivity contribution in [1.29, 1.82) is 0 Å². The molecule has 5 heteroatoms. The minimum Gasteiger partial charge on any atom is -0.356 e. The molecule has 1 unspecified atom stereocenters. The summed E-state index contributed by atoms with van der Waals surface area (Å²) < 4.78 is 0. The van der Waals surface area contributed by atoms with E-state index in [1.165, 1.54) is 31.5 Å². The molecule has 20 heavy (non-hydrogen) atoms. The molecule has 1 aliphatic rings. The number of hydrogen-bond donors (Lipinski definition) is 1. The summed E-state index contributed by atoms with van der Waals surface area (Å²) in [4.78, 5) is 9.01. The number of thiophene rings is 1. The molecule has 112 valence electrons. The molecule has 0 radical (unpaired) electrons. The Labute approximate surface area is 126 Å². The van der Waals surface area contributed by atoms with Gasteiger partial charge in [-0.2, -0.15) is 11.3 Å². The van der Waals surface area contributed by atoms with Crippen molar-refractivity contribution in [2.75, 3.05) is 40.8 Å². The van der Waals surface area contributed by atoms with E-state index >= 15 is 0 Å². The fourth-order valence-electron chi connectivity index (χ4n) is 2.79. The lowest BCUT2D eigenvalue weighted by molar-refractivity contribution is 0.209. The number of guanidine groups is 1. The average Bonchev–Trinajstić information content (AvgIpc) is 2.92. The zero-order valence-corrected chi connectivity index (χ0v) is 13.6. The lowest BCUT2D eigenvalue weighted by Gasteiger charge is -2.31. The highest BCUT2D eigenvalue weighted by Crippen LogP contribution is 2.14. The Kier molecular flexibility index (Phi) is 5.86. The van der Waals surface area contributed by atoms with Crippen LogP contribution in [0.5, 0.6) is 0 Å². The van der Waals surface area contributed by atoms with Gasteiger partial charge in [-0.25, -0.2) is 0 Å². The van der Waals surface area contributed by atoms with Crippen LogP contribution >= 0.6 is 11.3 Å². The molecule has 0 amide bonds. The van der Waals surface area contributed by atoms with Crippen molar-refractivity contribution in [1.82, 2.24) is 15.1 Å². The highest BCUT2D eigenvalue weighted by atomic mass is 32.1. The largest absolute Gasteiger partial charge is 0.356 e. The van der Waals surface area contributed by atoms with Crippen molar-refractivity contribution in [2.24, 2.45) is 10.9 Å². The monoisotopic (exact) mass is 294 g/mol. The molecule has 1 aromatic heterocycles. The second-order valence-corrected chi connectivity index (χ2v) is 6.47. The van der Waals surface area contributed by atoms with Crippen molar-refractivity contribution < 1.29 is 0 Å². The smallest absolute Gasteiger partial charge is 0.193 e. The first-order valence-electron chi connectivity index (χ1n) is 7.30. The molecule has 0 spiro atoms. The first kappa shape index (κ1) is 15.3. The van der Waals surface area contributed by atoms with Gasteiger partial charge in [-0.05, 0) is 54.7 Å². The van der Waals surface area contributed by atoms with Gasteiger partial charge in [-0.3, -0.25) is 4.99 Å². The summed E-state index contributed by atoms with van der Waals surface area (Å²) in [6, 6.07) is 2.17. The first-order chi connectivity index (χ1) is 9.69. The second kappa shape index (κ2) is 7.64. The summed E-state index contributed by atoms with van der Waals surface area (Å²) in [5.41, 5.74) is 1.35. The molecular formula is C15H26N4S. The molecule has 2 rings (SSSR count). The number of likely N-dealkylation sites (tertiary alicyclic amines) is 1. The maximum Gasteiger partial charge on any atom is 0.193 e. The van der Waals surface area contributed by atoms with Gasteiger partial charge in [0.2, 0.25) is 0 Å². The molecule has 1 N–H and O–H groups in total. The summed E-state index contributed by atoms with van der Waals surface area (Å²) in [5.74, 6) is 1.73. The number of piperidine rings is 1. The standard InChI is InChI=1S/C15H26N4S/c1-16-15(19(3)11-14-6-8-20-12-14)17-9-13-5-4-7-18(2)10-13/h6,8,12-13H,4-5,7,9-11H2,1-3H3,(H,16,17). The number of aliphatic imine (C=N–C) groups is 1. The van der Waals surface area contributed by atoms with E-state index in [-0.39, 0.29) is 0 Å².